The molecule has 0 aliphatic carbocycles. The summed E-state index contributed by atoms with van der Waals surface area (Å²) in [5.74, 6) is 2.03. The van der Waals surface area contributed by atoms with E-state index in [2.05, 4.69) is 9.80 Å². The van der Waals surface area contributed by atoms with Crippen molar-refractivity contribution < 1.29 is 0 Å². The van der Waals surface area contributed by atoms with Crippen LogP contribution in [0.15, 0.2) is 0 Å². The lowest BCUT2D eigenvalue weighted by Crippen LogP contribution is -2.63. The maximum absolute atomic E-state index is 2.87. The summed E-state index contributed by atoms with van der Waals surface area (Å²) >= 11 is 0. The minimum Gasteiger partial charge on any atom is -0.300 e. The molecule has 4 fully saturated rings. The third-order valence-corrected chi connectivity index (χ3v) is 5.96. The minimum absolute atomic E-state index is 0.961. The smallest absolute Gasteiger partial charge is 0.0136 e. The molecule has 0 aromatic rings. The topological polar surface area (TPSA) is 6.48 Å². The van der Waals surface area contributed by atoms with Gasteiger partial charge in [-0.2, -0.15) is 0 Å². The number of hydrogen-bond donors (Lipinski definition) is 0. The molecule has 0 N–H and O–H groups in total. The quantitative estimate of drug-likeness (QED) is 0.635. The van der Waals surface area contributed by atoms with E-state index in [-0.39, 0.29) is 0 Å². The summed E-state index contributed by atoms with van der Waals surface area (Å²) in [5.41, 5.74) is 0. The molecule has 1 unspecified atom stereocenters. The maximum Gasteiger partial charge on any atom is 0.0136 e. The molecule has 96 valence electrons. The summed E-state index contributed by atoms with van der Waals surface area (Å²) in [6.07, 6.45) is 10.5. The van der Waals surface area contributed by atoms with Gasteiger partial charge in [0, 0.05) is 25.2 Å². The molecule has 4 aliphatic rings. The summed E-state index contributed by atoms with van der Waals surface area (Å²) in [6.45, 7) is 5.68. The molecule has 0 radical (unpaired) electrons. The highest BCUT2D eigenvalue weighted by Gasteiger charge is 2.46. The van der Waals surface area contributed by atoms with Crippen molar-refractivity contribution in [3.8, 4) is 0 Å². The van der Waals surface area contributed by atoms with Gasteiger partial charge in [-0.15, -0.1) is 0 Å². The second-order valence-corrected chi connectivity index (χ2v) is 6.87. The van der Waals surface area contributed by atoms with E-state index < -0.39 is 0 Å². The van der Waals surface area contributed by atoms with Gasteiger partial charge < -0.3 is 0 Å². The van der Waals surface area contributed by atoms with Crippen LogP contribution < -0.4 is 0 Å². The van der Waals surface area contributed by atoms with Crippen molar-refractivity contribution in [2.75, 3.05) is 26.2 Å². The van der Waals surface area contributed by atoms with Crippen LogP contribution in [-0.2, 0) is 0 Å². The fourth-order valence-corrected chi connectivity index (χ4v) is 5.25. The third kappa shape index (κ3) is 1.76. The molecular formula is C15H26N2. The molecule has 4 atom stereocenters. The van der Waals surface area contributed by atoms with Crippen molar-refractivity contribution in [1.82, 2.24) is 9.80 Å². The molecular weight excluding hydrogens is 208 g/mol. The van der Waals surface area contributed by atoms with Gasteiger partial charge in [-0.25, -0.2) is 0 Å². The maximum atomic E-state index is 2.87. The van der Waals surface area contributed by atoms with Crippen molar-refractivity contribution in [1.29, 1.82) is 0 Å². The molecule has 0 amide bonds. The molecule has 0 aromatic heterocycles. The highest BCUT2D eigenvalue weighted by atomic mass is 15.3. The summed E-state index contributed by atoms with van der Waals surface area (Å²) in [4.78, 5) is 5.74. The Kier molecular flexibility index (Phi) is 2.69. The number of hydrogen-bond acceptors (Lipinski definition) is 2. The van der Waals surface area contributed by atoms with Crippen molar-refractivity contribution in [3.63, 3.8) is 0 Å². The average Bonchev–Trinajstić information content (AvgIpc) is 2.39. The molecule has 4 heterocycles. The zero-order valence-corrected chi connectivity index (χ0v) is 11.0. The fourth-order valence-electron chi connectivity index (χ4n) is 5.25. The normalized spacial score (nSPS) is 47.3. The number of fused-ring (bicyclic) bond motifs is 6. The van der Waals surface area contributed by atoms with E-state index in [1.807, 2.05) is 0 Å². The molecule has 2 bridgehead atoms. The highest BCUT2D eigenvalue weighted by Crippen LogP contribution is 2.42. The van der Waals surface area contributed by atoms with Crippen LogP contribution in [0.4, 0.5) is 0 Å². The molecule has 17 heavy (non-hydrogen) atoms. The lowest BCUT2D eigenvalue weighted by atomic mass is 9.71. The van der Waals surface area contributed by atoms with Crippen molar-refractivity contribution in [2.45, 2.75) is 57.0 Å². The van der Waals surface area contributed by atoms with E-state index in [0.29, 0.717) is 0 Å². The SMILES string of the molecule is C1CCN2C[C@@H]3C[C@H](CN4CCCC[C@@H]34)C2C1. The van der Waals surface area contributed by atoms with E-state index in [0.717, 1.165) is 23.9 Å². The molecule has 2 heteroatoms. The molecule has 4 aliphatic heterocycles. The highest BCUT2D eigenvalue weighted by molar-refractivity contribution is 5.00. The number of piperidine rings is 4. The molecule has 0 spiro atoms. The zero-order valence-electron chi connectivity index (χ0n) is 11.0. The summed E-state index contributed by atoms with van der Waals surface area (Å²) in [6, 6.07) is 1.92. The number of rotatable bonds is 0. The third-order valence-electron chi connectivity index (χ3n) is 5.96. The van der Waals surface area contributed by atoms with Crippen molar-refractivity contribution >= 4 is 0 Å². The van der Waals surface area contributed by atoms with Gasteiger partial charge in [0.2, 0.25) is 0 Å². The molecule has 0 aromatic carbocycles. The van der Waals surface area contributed by atoms with E-state index >= 15 is 0 Å². The van der Waals surface area contributed by atoms with Gasteiger partial charge in [-0.1, -0.05) is 12.8 Å². The minimum atomic E-state index is 0.961. The van der Waals surface area contributed by atoms with Crippen LogP contribution in [-0.4, -0.2) is 48.1 Å². The average molecular weight is 234 g/mol. The van der Waals surface area contributed by atoms with Crippen LogP contribution in [0.3, 0.4) is 0 Å². The molecule has 4 rings (SSSR count). The standard InChI is InChI=1S/C15H26N2/c1-3-7-16-11-13-9-12(14(16)5-1)10-17-8-4-2-6-15(13)17/h12-15H,1-11H2/t12-,13+,14-,15?/m0/s1. The Hall–Kier alpha value is -0.0800. The van der Waals surface area contributed by atoms with Gasteiger partial charge in [0.1, 0.15) is 0 Å². The zero-order chi connectivity index (χ0) is 11.2. The second kappa shape index (κ2) is 4.24. The Balaban J connectivity index is 1.56. The van der Waals surface area contributed by atoms with Crippen LogP contribution in [0.25, 0.3) is 0 Å². The van der Waals surface area contributed by atoms with Crippen molar-refractivity contribution in [3.05, 3.63) is 0 Å². The van der Waals surface area contributed by atoms with Gasteiger partial charge in [-0.05, 0) is 57.0 Å². The van der Waals surface area contributed by atoms with Crippen LogP contribution in [0, 0.1) is 11.8 Å². The van der Waals surface area contributed by atoms with E-state index in [1.54, 1.807) is 6.42 Å². The fraction of sp³-hybridized carbons (Fsp3) is 1.00. The Labute approximate surface area is 105 Å². The van der Waals surface area contributed by atoms with Crippen LogP contribution in [0.1, 0.15) is 44.9 Å². The van der Waals surface area contributed by atoms with Crippen molar-refractivity contribution in [2.24, 2.45) is 11.8 Å². The summed E-state index contributed by atoms with van der Waals surface area (Å²) in [7, 11) is 0. The van der Waals surface area contributed by atoms with E-state index in [9.17, 15) is 0 Å². The molecule has 2 nitrogen and oxygen atoms in total. The van der Waals surface area contributed by atoms with Gasteiger partial charge in [-0.3, -0.25) is 9.80 Å². The predicted octanol–water partition coefficient (Wildman–Crippen LogP) is 2.35. The van der Waals surface area contributed by atoms with E-state index in [4.69, 9.17) is 0 Å². The predicted molar refractivity (Wildman–Crippen MR) is 70.0 cm³/mol. The Morgan fingerprint density at radius 2 is 1.18 bits per heavy atom. The second-order valence-electron chi connectivity index (χ2n) is 6.87. The van der Waals surface area contributed by atoms with Crippen LogP contribution in [0.2, 0.25) is 0 Å². The monoisotopic (exact) mass is 234 g/mol. The number of nitrogens with zero attached hydrogens (tertiary/aromatic N) is 2. The lowest BCUT2D eigenvalue weighted by molar-refractivity contribution is -0.0718. The van der Waals surface area contributed by atoms with Crippen LogP contribution >= 0.6 is 0 Å². The first-order chi connectivity index (χ1) is 8.42. The van der Waals surface area contributed by atoms with Crippen LogP contribution in [0.5, 0.6) is 0 Å². The van der Waals surface area contributed by atoms with Gasteiger partial charge >= 0.3 is 0 Å². The first-order valence-electron chi connectivity index (χ1n) is 7.90. The Morgan fingerprint density at radius 1 is 0.647 bits per heavy atom. The van der Waals surface area contributed by atoms with Gasteiger partial charge in [0.05, 0.1) is 0 Å². The molecule has 4 saturated heterocycles. The van der Waals surface area contributed by atoms with Gasteiger partial charge in [0.15, 0.2) is 0 Å². The van der Waals surface area contributed by atoms with E-state index in [1.165, 1.54) is 64.7 Å². The largest absolute Gasteiger partial charge is 0.300 e. The summed E-state index contributed by atoms with van der Waals surface area (Å²) < 4.78 is 0. The lowest BCUT2D eigenvalue weighted by Gasteiger charge is -2.57. The van der Waals surface area contributed by atoms with Gasteiger partial charge in [0.25, 0.3) is 0 Å². The first-order valence-corrected chi connectivity index (χ1v) is 7.90. The first kappa shape index (κ1) is 10.8. The Morgan fingerprint density at radius 3 is 1.71 bits per heavy atom. The Bertz CT molecular complexity index is 263. The summed E-state index contributed by atoms with van der Waals surface area (Å²) in [5, 5.41) is 0. The molecule has 0 saturated carbocycles.